The van der Waals surface area contributed by atoms with E-state index in [1.54, 1.807) is 0 Å². The molecule has 0 saturated carbocycles. The van der Waals surface area contributed by atoms with Crippen molar-refractivity contribution >= 4 is 17.5 Å². The first-order valence-corrected chi connectivity index (χ1v) is 5.89. The lowest BCUT2D eigenvalue weighted by Crippen LogP contribution is -1.99. The first kappa shape index (κ1) is 12.6. The minimum atomic E-state index is 0.0971. The Morgan fingerprint density at radius 1 is 1.06 bits per heavy atom. The molecule has 0 aliphatic rings. The number of anilines is 1. The van der Waals surface area contributed by atoms with Gasteiger partial charge in [-0.25, -0.2) is 4.98 Å². The van der Waals surface area contributed by atoms with E-state index in [2.05, 4.69) is 22.1 Å². The highest BCUT2D eigenvalue weighted by Crippen LogP contribution is 2.29. The molecule has 2 N–H and O–H groups in total. The molecule has 0 unspecified atom stereocenters. The van der Waals surface area contributed by atoms with E-state index in [9.17, 15) is 0 Å². The van der Waals surface area contributed by atoms with Gasteiger partial charge in [0.2, 0.25) is 11.8 Å². The van der Waals surface area contributed by atoms with Gasteiger partial charge in [0.1, 0.15) is 10.9 Å². The molecule has 1 heterocycles. The summed E-state index contributed by atoms with van der Waals surface area (Å²) in [5.74, 6) is 1.22. The van der Waals surface area contributed by atoms with Crippen LogP contribution in [-0.2, 0) is 0 Å². The number of nitrogens with two attached hydrogens (primary N) is 1. The zero-order chi connectivity index (χ0) is 13.3. The van der Waals surface area contributed by atoms with Crippen LogP contribution in [-0.4, -0.2) is 9.97 Å². The van der Waals surface area contributed by atoms with Gasteiger partial charge in [0, 0.05) is 6.07 Å². The summed E-state index contributed by atoms with van der Waals surface area (Å²) < 4.78 is 5.74. The molecule has 4 nitrogen and oxygen atoms in total. The molecule has 5 heteroatoms. The Balaban J connectivity index is 2.40. The highest BCUT2D eigenvalue weighted by Gasteiger charge is 2.09. The molecule has 0 fully saturated rings. The monoisotopic (exact) mass is 263 g/mol. The van der Waals surface area contributed by atoms with Gasteiger partial charge in [-0.15, -0.1) is 0 Å². The lowest BCUT2D eigenvalue weighted by atomic mass is 10.1. The number of halogens is 1. The molecule has 0 spiro atoms. The van der Waals surface area contributed by atoms with Gasteiger partial charge in [-0.2, -0.15) is 4.98 Å². The molecule has 0 aliphatic carbocycles. The topological polar surface area (TPSA) is 61.0 Å². The van der Waals surface area contributed by atoms with E-state index in [4.69, 9.17) is 22.1 Å². The molecular weight excluding hydrogens is 250 g/mol. The number of nitrogen functional groups attached to an aromatic ring is 1. The van der Waals surface area contributed by atoms with Crippen LogP contribution < -0.4 is 10.5 Å². The van der Waals surface area contributed by atoms with E-state index in [1.165, 1.54) is 11.6 Å². The van der Waals surface area contributed by atoms with E-state index in [-0.39, 0.29) is 11.1 Å². The molecular formula is C13H14ClN3O. The Kier molecular flexibility index (Phi) is 3.39. The Morgan fingerprint density at radius 2 is 1.67 bits per heavy atom. The molecule has 18 heavy (non-hydrogen) atoms. The molecule has 0 saturated heterocycles. The van der Waals surface area contributed by atoms with E-state index >= 15 is 0 Å². The fourth-order valence-corrected chi connectivity index (χ4v) is 2.08. The number of hydrogen-bond donors (Lipinski definition) is 1. The average Bonchev–Trinajstić information content (AvgIpc) is 2.22. The Bertz CT molecular complexity index is 556. The van der Waals surface area contributed by atoms with Crippen molar-refractivity contribution in [3.8, 4) is 11.6 Å². The summed E-state index contributed by atoms with van der Waals surface area (Å²) in [7, 11) is 0. The van der Waals surface area contributed by atoms with Crippen LogP contribution in [0.5, 0.6) is 11.6 Å². The summed E-state index contributed by atoms with van der Waals surface area (Å²) in [6.07, 6.45) is 0. The van der Waals surface area contributed by atoms with Crippen molar-refractivity contribution in [1.29, 1.82) is 0 Å². The number of benzene rings is 1. The van der Waals surface area contributed by atoms with Crippen LogP contribution in [0.2, 0.25) is 5.15 Å². The molecule has 0 amide bonds. The Labute approximate surface area is 111 Å². The van der Waals surface area contributed by atoms with Crippen LogP contribution in [0.15, 0.2) is 18.2 Å². The number of ether oxygens (including phenoxy) is 1. The maximum absolute atomic E-state index is 5.81. The number of hydrogen-bond acceptors (Lipinski definition) is 4. The second-order valence-corrected chi connectivity index (χ2v) is 4.60. The van der Waals surface area contributed by atoms with Gasteiger partial charge in [-0.1, -0.05) is 29.3 Å². The molecule has 2 aromatic rings. The van der Waals surface area contributed by atoms with Crippen LogP contribution >= 0.6 is 11.6 Å². The van der Waals surface area contributed by atoms with Crippen molar-refractivity contribution in [1.82, 2.24) is 9.97 Å². The molecule has 0 radical (unpaired) electrons. The molecule has 1 aromatic heterocycles. The average molecular weight is 264 g/mol. The van der Waals surface area contributed by atoms with Gasteiger partial charge >= 0.3 is 0 Å². The number of aryl methyl sites for hydroxylation is 3. The Hall–Kier alpha value is -1.81. The number of rotatable bonds is 2. The quantitative estimate of drug-likeness (QED) is 0.844. The van der Waals surface area contributed by atoms with Gasteiger partial charge < -0.3 is 10.5 Å². The second-order valence-electron chi connectivity index (χ2n) is 4.22. The first-order valence-electron chi connectivity index (χ1n) is 5.51. The highest BCUT2D eigenvalue weighted by atomic mass is 35.5. The first-order chi connectivity index (χ1) is 8.45. The van der Waals surface area contributed by atoms with E-state index in [1.807, 2.05) is 20.8 Å². The minimum absolute atomic E-state index is 0.0971. The lowest BCUT2D eigenvalue weighted by molar-refractivity contribution is 0.455. The maximum Gasteiger partial charge on any atom is 0.225 e. The predicted octanol–water partition coefficient (Wildman–Crippen LogP) is 3.43. The summed E-state index contributed by atoms with van der Waals surface area (Å²) in [5.41, 5.74) is 8.80. The smallest absolute Gasteiger partial charge is 0.225 e. The van der Waals surface area contributed by atoms with Gasteiger partial charge in [-0.05, 0) is 31.9 Å². The largest absolute Gasteiger partial charge is 0.438 e. The molecule has 94 valence electrons. The summed E-state index contributed by atoms with van der Waals surface area (Å²) in [6, 6.07) is 5.64. The van der Waals surface area contributed by atoms with Crippen molar-refractivity contribution in [2.75, 3.05) is 5.73 Å². The summed E-state index contributed by atoms with van der Waals surface area (Å²) in [4.78, 5) is 7.78. The SMILES string of the molecule is Cc1cc(C)c(Oc2cc(Cl)nc(N)n2)c(C)c1. The van der Waals surface area contributed by atoms with E-state index < -0.39 is 0 Å². The summed E-state index contributed by atoms with van der Waals surface area (Å²) in [5, 5.41) is 0.264. The van der Waals surface area contributed by atoms with Gasteiger partial charge in [-0.3, -0.25) is 0 Å². The van der Waals surface area contributed by atoms with Gasteiger partial charge in [0.25, 0.3) is 0 Å². The normalized spacial score (nSPS) is 10.4. The fraction of sp³-hybridized carbons (Fsp3) is 0.231. The Morgan fingerprint density at radius 3 is 2.22 bits per heavy atom. The number of nitrogens with zero attached hydrogens (tertiary/aromatic N) is 2. The van der Waals surface area contributed by atoms with E-state index in [0.29, 0.717) is 5.88 Å². The minimum Gasteiger partial charge on any atom is -0.438 e. The molecule has 0 aliphatic heterocycles. The van der Waals surface area contributed by atoms with Crippen molar-refractivity contribution < 1.29 is 4.74 Å². The van der Waals surface area contributed by atoms with Crippen molar-refractivity contribution in [3.63, 3.8) is 0 Å². The van der Waals surface area contributed by atoms with Crippen molar-refractivity contribution in [2.45, 2.75) is 20.8 Å². The second kappa shape index (κ2) is 4.82. The summed E-state index contributed by atoms with van der Waals surface area (Å²) >= 11 is 5.81. The highest BCUT2D eigenvalue weighted by molar-refractivity contribution is 6.29. The van der Waals surface area contributed by atoms with Crippen molar-refractivity contribution in [2.24, 2.45) is 0 Å². The maximum atomic E-state index is 5.81. The molecule has 0 bridgehead atoms. The zero-order valence-electron chi connectivity index (χ0n) is 10.5. The van der Waals surface area contributed by atoms with Crippen molar-refractivity contribution in [3.05, 3.63) is 40.0 Å². The van der Waals surface area contributed by atoms with Gasteiger partial charge in [0.15, 0.2) is 0 Å². The zero-order valence-corrected chi connectivity index (χ0v) is 11.2. The van der Waals surface area contributed by atoms with Crippen LogP contribution in [0.25, 0.3) is 0 Å². The fourth-order valence-electron chi connectivity index (χ4n) is 1.90. The summed E-state index contributed by atoms with van der Waals surface area (Å²) in [6.45, 7) is 6.02. The molecule has 2 rings (SSSR count). The van der Waals surface area contributed by atoms with Crippen LogP contribution in [0.1, 0.15) is 16.7 Å². The molecule has 1 aromatic carbocycles. The lowest BCUT2D eigenvalue weighted by Gasteiger charge is -2.12. The standard InChI is InChI=1S/C13H14ClN3O/c1-7-4-8(2)12(9(3)5-7)18-11-6-10(14)16-13(15)17-11/h4-6H,1-3H3,(H2,15,16,17). The van der Waals surface area contributed by atoms with Crippen LogP contribution in [0, 0.1) is 20.8 Å². The van der Waals surface area contributed by atoms with Crippen LogP contribution in [0.4, 0.5) is 5.95 Å². The third-order valence-electron chi connectivity index (χ3n) is 2.50. The number of aromatic nitrogens is 2. The third-order valence-corrected chi connectivity index (χ3v) is 2.69. The predicted molar refractivity (Wildman–Crippen MR) is 72.2 cm³/mol. The van der Waals surface area contributed by atoms with Gasteiger partial charge in [0.05, 0.1) is 0 Å². The molecule has 0 atom stereocenters. The third kappa shape index (κ3) is 2.71. The van der Waals surface area contributed by atoms with E-state index in [0.717, 1.165) is 16.9 Å². The van der Waals surface area contributed by atoms with Crippen LogP contribution in [0.3, 0.4) is 0 Å².